The Bertz CT molecular complexity index is 1000. The summed E-state index contributed by atoms with van der Waals surface area (Å²) in [6.07, 6.45) is 3.86. The smallest absolute Gasteiger partial charge is 0.347 e. The molecular weight excluding hydrogens is 456 g/mol. The fourth-order valence-electron chi connectivity index (χ4n) is 3.33. The summed E-state index contributed by atoms with van der Waals surface area (Å²) in [4.78, 5) is 12.5. The van der Waals surface area contributed by atoms with E-state index in [2.05, 4.69) is 5.09 Å². The summed E-state index contributed by atoms with van der Waals surface area (Å²) < 4.78 is 92.8. The van der Waals surface area contributed by atoms with Gasteiger partial charge in [0.1, 0.15) is 12.1 Å². The summed E-state index contributed by atoms with van der Waals surface area (Å²) in [5.41, 5.74) is 0. The topological polar surface area (TPSA) is 64.6 Å². The van der Waals surface area contributed by atoms with Gasteiger partial charge in [0.05, 0.1) is 5.30 Å². The van der Waals surface area contributed by atoms with Gasteiger partial charge in [-0.3, -0.25) is 9.36 Å². The van der Waals surface area contributed by atoms with Gasteiger partial charge in [-0.25, -0.2) is 18.3 Å². The highest BCUT2D eigenvalue weighted by Gasteiger charge is 2.37. The van der Waals surface area contributed by atoms with E-state index in [4.69, 9.17) is 9.26 Å². The number of esters is 1. The minimum absolute atomic E-state index is 0.152. The van der Waals surface area contributed by atoms with Crippen LogP contribution < -0.4 is 14.9 Å². The van der Waals surface area contributed by atoms with Gasteiger partial charge < -0.3 is 9.26 Å². The molecule has 0 heterocycles. The van der Waals surface area contributed by atoms with Gasteiger partial charge in [0, 0.05) is 0 Å². The minimum atomic E-state index is -4.55. The number of rotatable bonds is 7. The van der Waals surface area contributed by atoms with Crippen molar-refractivity contribution in [1.82, 2.24) is 5.09 Å². The van der Waals surface area contributed by atoms with Gasteiger partial charge in [0.2, 0.25) is 34.8 Å². The lowest BCUT2D eigenvalue weighted by molar-refractivity contribution is -0.152. The maximum absolute atomic E-state index is 14.2. The van der Waals surface area contributed by atoms with Crippen LogP contribution in [0.2, 0.25) is 0 Å². The van der Waals surface area contributed by atoms with Crippen molar-refractivity contribution in [3.05, 3.63) is 59.4 Å². The van der Waals surface area contributed by atoms with Crippen molar-refractivity contribution < 1.29 is 40.6 Å². The summed E-state index contributed by atoms with van der Waals surface area (Å²) >= 11 is 0. The summed E-state index contributed by atoms with van der Waals surface area (Å²) in [6, 6.07) is 5.65. The van der Waals surface area contributed by atoms with Crippen molar-refractivity contribution in [2.45, 2.75) is 51.2 Å². The number of benzene rings is 2. The Balaban J connectivity index is 1.91. The van der Waals surface area contributed by atoms with Crippen molar-refractivity contribution in [3.63, 3.8) is 0 Å². The first kappa shape index (κ1) is 24.2. The molecule has 1 unspecified atom stereocenters. The molecule has 1 fully saturated rings. The molecule has 1 aliphatic carbocycles. The van der Waals surface area contributed by atoms with Gasteiger partial charge in [-0.05, 0) is 44.7 Å². The van der Waals surface area contributed by atoms with Crippen LogP contribution in [-0.4, -0.2) is 18.1 Å². The Kier molecular flexibility index (Phi) is 7.56. The molecule has 5 nitrogen and oxygen atoms in total. The Morgan fingerprint density at radius 3 is 2.03 bits per heavy atom. The predicted molar refractivity (Wildman–Crippen MR) is 106 cm³/mol. The molecule has 0 aromatic heterocycles. The van der Waals surface area contributed by atoms with Crippen LogP contribution in [0.5, 0.6) is 5.75 Å². The van der Waals surface area contributed by atoms with Crippen LogP contribution in [0.3, 0.4) is 0 Å². The first-order valence-electron chi connectivity index (χ1n) is 9.99. The fourth-order valence-corrected chi connectivity index (χ4v) is 5.23. The Morgan fingerprint density at radius 2 is 1.47 bits per heavy atom. The molecule has 174 valence electrons. The number of hydrogen-bond acceptors (Lipinski definition) is 4. The highest BCUT2D eigenvalue weighted by atomic mass is 31.2. The third-order valence-electron chi connectivity index (χ3n) is 5.04. The molecule has 1 aliphatic rings. The van der Waals surface area contributed by atoms with E-state index in [-0.39, 0.29) is 11.4 Å². The van der Waals surface area contributed by atoms with E-state index in [1.54, 1.807) is 6.07 Å². The van der Waals surface area contributed by atoms with Gasteiger partial charge in [0.25, 0.3) is 0 Å². The van der Waals surface area contributed by atoms with Crippen LogP contribution in [-0.2, 0) is 14.1 Å². The molecule has 1 saturated carbocycles. The highest BCUT2D eigenvalue weighted by Crippen LogP contribution is 2.45. The molecule has 3 rings (SSSR count). The molecule has 32 heavy (non-hydrogen) atoms. The number of hydrogen-bond donors (Lipinski definition) is 1. The lowest BCUT2D eigenvalue weighted by Gasteiger charge is -2.27. The van der Waals surface area contributed by atoms with Gasteiger partial charge in [0.15, 0.2) is 0 Å². The van der Waals surface area contributed by atoms with Crippen LogP contribution >= 0.6 is 7.52 Å². The second-order valence-electron chi connectivity index (χ2n) is 7.43. The lowest BCUT2D eigenvalue weighted by atomic mass is 9.98. The molecule has 0 spiro atoms. The predicted octanol–water partition coefficient (Wildman–Crippen LogP) is 5.13. The monoisotopic (exact) mass is 477 g/mol. The van der Waals surface area contributed by atoms with Gasteiger partial charge in [-0.2, -0.15) is 8.78 Å². The second kappa shape index (κ2) is 10.0. The van der Waals surface area contributed by atoms with E-state index in [1.807, 2.05) is 0 Å². The van der Waals surface area contributed by atoms with E-state index in [9.17, 15) is 31.3 Å². The maximum atomic E-state index is 14.2. The first-order valence-corrected chi connectivity index (χ1v) is 11.6. The number of carbonyl (C=O) groups excluding carboxylic acids is 1. The van der Waals surface area contributed by atoms with E-state index < -0.39 is 54.4 Å². The van der Waals surface area contributed by atoms with E-state index >= 15 is 0 Å². The van der Waals surface area contributed by atoms with E-state index in [0.717, 1.165) is 19.3 Å². The first-order chi connectivity index (χ1) is 15.1. The molecule has 2 aromatic carbocycles. The molecule has 2 aromatic rings. The van der Waals surface area contributed by atoms with E-state index in [0.29, 0.717) is 12.8 Å². The standard InChI is InChI=1S/C21H21F5NO4P/c1-12(21(28)30-13-8-4-2-5-9-13)27-32(29,14-10-6-3-7-11-14)31-20-18(25)16(23)15(22)17(24)19(20)26/h3,6-7,10-13H,2,4-5,8-9H2,1H3,(H,27,29)/t12-,32?/m0/s1. The number of nitrogens with one attached hydrogen (secondary N) is 1. The number of ether oxygens (including phenoxy) is 1. The minimum Gasteiger partial charge on any atom is -0.461 e. The van der Waals surface area contributed by atoms with Crippen LogP contribution in [0.15, 0.2) is 30.3 Å². The highest BCUT2D eigenvalue weighted by molar-refractivity contribution is 7.65. The summed E-state index contributed by atoms with van der Waals surface area (Å²) in [7, 11) is -4.55. The van der Waals surface area contributed by atoms with Crippen molar-refractivity contribution >= 4 is 18.8 Å². The molecule has 0 bridgehead atoms. The average Bonchev–Trinajstić information content (AvgIpc) is 2.80. The summed E-state index contributed by atoms with van der Waals surface area (Å²) in [5, 5.41) is 2.19. The van der Waals surface area contributed by atoms with E-state index in [1.165, 1.54) is 31.2 Å². The molecule has 0 amide bonds. The maximum Gasteiger partial charge on any atom is 0.347 e. The number of halogens is 5. The Hall–Kier alpha value is -2.45. The van der Waals surface area contributed by atoms with Gasteiger partial charge in [-0.1, -0.05) is 24.6 Å². The number of carbonyl (C=O) groups is 1. The van der Waals surface area contributed by atoms with Crippen molar-refractivity contribution in [3.8, 4) is 5.75 Å². The largest absolute Gasteiger partial charge is 0.461 e. The molecule has 0 saturated heterocycles. The zero-order valence-electron chi connectivity index (χ0n) is 17.0. The zero-order valence-corrected chi connectivity index (χ0v) is 17.9. The molecule has 1 N–H and O–H groups in total. The summed E-state index contributed by atoms with van der Waals surface area (Å²) in [6.45, 7) is 1.29. The molecule has 0 aliphatic heterocycles. The van der Waals surface area contributed by atoms with Crippen LogP contribution in [0.4, 0.5) is 22.0 Å². The van der Waals surface area contributed by atoms with Crippen molar-refractivity contribution in [2.24, 2.45) is 0 Å². The second-order valence-corrected chi connectivity index (χ2v) is 9.49. The average molecular weight is 477 g/mol. The normalized spacial score (nSPS) is 17.4. The molecule has 0 radical (unpaired) electrons. The molecule has 2 atom stereocenters. The molecule has 11 heteroatoms. The quantitative estimate of drug-likeness (QED) is 0.197. The SMILES string of the molecule is C[C@H](NP(=O)(Oc1c(F)c(F)c(F)c(F)c1F)c1ccccc1)C(=O)OC1CCCCC1. The van der Waals surface area contributed by atoms with Gasteiger partial charge in [-0.15, -0.1) is 0 Å². The molecular formula is C21H21F5NO4P. The third-order valence-corrected chi connectivity index (χ3v) is 7.18. The zero-order chi connectivity index (χ0) is 23.5. The Morgan fingerprint density at radius 1 is 0.938 bits per heavy atom. The lowest BCUT2D eigenvalue weighted by Crippen LogP contribution is -2.39. The Labute approximate surface area is 181 Å². The van der Waals surface area contributed by atoms with Crippen LogP contribution in [0.25, 0.3) is 0 Å². The van der Waals surface area contributed by atoms with Crippen molar-refractivity contribution in [2.75, 3.05) is 0 Å². The van der Waals surface area contributed by atoms with Crippen LogP contribution in [0, 0.1) is 29.1 Å². The van der Waals surface area contributed by atoms with Crippen LogP contribution in [0.1, 0.15) is 39.0 Å². The summed E-state index contributed by atoms with van der Waals surface area (Å²) in [5.74, 6) is -13.9. The van der Waals surface area contributed by atoms with Crippen molar-refractivity contribution in [1.29, 1.82) is 0 Å². The third kappa shape index (κ3) is 5.13. The fraction of sp³-hybridized carbons (Fsp3) is 0.381. The van der Waals surface area contributed by atoms with Gasteiger partial charge >= 0.3 is 13.5 Å².